The highest BCUT2D eigenvalue weighted by molar-refractivity contribution is 6.44. The Morgan fingerprint density at radius 1 is 1.42 bits per heavy atom. The van der Waals surface area contributed by atoms with E-state index in [1.54, 1.807) is 0 Å². The molecule has 0 aromatic heterocycles. The van der Waals surface area contributed by atoms with Gasteiger partial charge in [-0.3, -0.25) is 0 Å². The minimum Gasteiger partial charge on any atom is -0.499 e. The predicted octanol–water partition coefficient (Wildman–Crippen LogP) is 1.29. The fraction of sp³-hybridized carbons (Fsp3) is 0.714. The highest BCUT2D eigenvalue weighted by Crippen LogP contribution is 2.05. The van der Waals surface area contributed by atoms with Crippen molar-refractivity contribution in [2.45, 2.75) is 10.9 Å². The monoisotopic (exact) mass is 213 g/mol. The molecular formula is C7H13Cl2NO2. The summed E-state index contributed by atoms with van der Waals surface area (Å²) in [6, 6.07) is -0.350. The second-order valence-electron chi connectivity index (χ2n) is 2.11. The van der Waals surface area contributed by atoms with Crippen molar-refractivity contribution >= 4 is 23.2 Å². The van der Waals surface area contributed by atoms with E-state index in [1.165, 1.54) is 6.26 Å². The number of halogens is 2. The molecule has 0 aromatic carbocycles. The standard InChI is InChI=1S/C7H13Cl2NO2/c1-2-11-3-4-12-5-6(10)7(8)9/h2,6-7H,1,3-5,10H2. The molecule has 0 saturated carbocycles. The highest BCUT2D eigenvalue weighted by atomic mass is 35.5. The van der Waals surface area contributed by atoms with Crippen LogP contribution in [0.25, 0.3) is 0 Å². The van der Waals surface area contributed by atoms with E-state index in [0.717, 1.165) is 0 Å². The van der Waals surface area contributed by atoms with Gasteiger partial charge in [0.2, 0.25) is 0 Å². The zero-order chi connectivity index (χ0) is 9.40. The van der Waals surface area contributed by atoms with Crippen LogP contribution in [0.4, 0.5) is 0 Å². The third-order valence-electron chi connectivity index (χ3n) is 1.10. The molecule has 12 heavy (non-hydrogen) atoms. The average molecular weight is 214 g/mol. The summed E-state index contributed by atoms with van der Waals surface area (Å²) in [4.78, 5) is -0.592. The number of hydrogen-bond donors (Lipinski definition) is 1. The molecule has 0 bridgehead atoms. The first-order valence-electron chi connectivity index (χ1n) is 3.52. The van der Waals surface area contributed by atoms with Crippen LogP contribution < -0.4 is 5.73 Å². The van der Waals surface area contributed by atoms with Gasteiger partial charge in [-0.15, -0.1) is 23.2 Å². The van der Waals surface area contributed by atoms with Crippen LogP contribution in [0.15, 0.2) is 12.8 Å². The van der Waals surface area contributed by atoms with Crippen LogP contribution in [0.1, 0.15) is 0 Å². The third kappa shape index (κ3) is 6.73. The van der Waals surface area contributed by atoms with Gasteiger partial charge in [0.1, 0.15) is 11.4 Å². The van der Waals surface area contributed by atoms with Crippen molar-refractivity contribution in [3.8, 4) is 0 Å². The molecule has 0 rings (SSSR count). The van der Waals surface area contributed by atoms with Crippen molar-refractivity contribution in [2.24, 2.45) is 5.73 Å². The molecule has 0 amide bonds. The van der Waals surface area contributed by atoms with Gasteiger partial charge in [0.15, 0.2) is 0 Å². The van der Waals surface area contributed by atoms with Gasteiger partial charge >= 0.3 is 0 Å². The lowest BCUT2D eigenvalue weighted by Gasteiger charge is -2.12. The molecule has 0 aliphatic carbocycles. The maximum absolute atomic E-state index is 5.48. The number of nitrogens with two attached hydrogens (primary N) is 1. The largest absolute Gasteiger partial charge is 0.499 e. The minimum atomic E-state index is -0.592. The summed E-state index contributed by atoms with van der Waals surface area (Å²) in [7, 11) is 0. The van der Waals surface area contributed by atoms with Crippen LogP contribution in [-0.4, -0.2) is 30.7 Å². The normalized spacial score (nSPS) is 13.0. The molecule has 1 atom stereocenters. The van der Waals surface area contributed by atoms with Crippen molar-refractivity contribution < 1.29 is 9.47 Å². The van der Waals surface area contributed by atoms with Gasteiger partial charge in [-0.25, -0.2) is 0 Å². The molecule has 0 spiro atoms. The van der Waals surface area contributed by atoms with Gasteiger partial charge in [-0.05, 0) is 0 Å². The Morgan fingerprint density at radius 3 is 2.58 bits per heavy atom. The second kappa shape index (κ2) is 7.68. The maximum Gasteiger partial charge on any atom is 0.125 e. The second-order valence-corrected chi connectivity index (χ2v) is 3.27. The predicted molar refractivity (Wildman–Crippen MR) is 50.4 cm³/mol. The van der Waals surface area contributed by atoms with Crippen LogP contribution in [-0.2, 0) is 9.47 Å². The van der Waals surface area contributed by atoms with Crippen molar-refractivity contribution in [3.05, 3.63) is 12.8 Å². The smallest absolute Gasteiger partial charge is 0.125 e. The quantitative estimate of drug-likeness (QED) is 0.394. The molecular weight excluding hydrogens is 201 g/mol. The fourth-order valence-corrected chi connectivity index (χ4v) is 0.628. The summed E-state index contributed by atoms with van der Waals surface area (Å²) in [5.41, 5.74) is 5.48. The van der Waals surface area contributed by atoms with E-state index >= 15 is 0 Å². The van der Waals surface area contributed by atoms with Crippen molar-refractivity contribution in [3.63, 3.8) is 0 Å². The molecule has 0 aliphatic rings. The third-order valence-corrected chi connectivity index (χ3v) is 1.74. The van der Waals surface area contributed by atoms with Gasteiger partial charge < -0.3 is 15.2 Å². The van der Waals surface area contributed by atoms with Gasteiger partial charge in [-0.2, -0.15) is 0 Å². The Hall–Kier alpha value is 0.0400. The summed E-state index contributed by atoms with van der Waals surface area (Å²) in [5.74, 6) is 0. The lowest BCUT2D eigenvalue weighted by molar-refractivity contribution is 0.0785. The van der Waals surface area contributed by atoms with E-state index in [-0.39, 0.29) is 6.04 Å². The molecule has 72 valence electrons. The maximum atomic E-state index is 5.48. The van der Waals surface area contributed by atoms with Gasteiger partial charge in [0.05, 0.1) is 25.5 Å². The molecule has 5 heteroatoms. The lowest BCUT2D eigenvalue weighted by Crippen LogP contribution is -2.33. The van der Waals surface area contributed by atoms with E-state index in [0.29, 0.717) is 19.8 Å². The van der Waals surface area contributed by atoms with Crippen LogP contribution in [0.2, 0.25) is 0 Å². The number of alkyl halides is 2. The molecule has 2 N–H and O–H groups in total. The SMILES string of the molecule is C=COCCOCC(N)C(Cl)Cl. The first-order chi connectivity index (χ1) is 5.68. The van der Waals surface area contributed by atoms with Crippen LogP contribution in [0.3, 0.4) is 0 Å². The Morgan fingerprint density at radius 2 is 2.08 bits per heavy atom. The summed E-state index contributed by atoms with van der Waals surface area (Å²) in [6.45, 7) is 4.63. The molecule has 0 heterocycles. The molecule has 0 aromatic rings. The average Bonchev–Trinajstić information content (AvgIpc) is 2.03. The van der Waals surface area contributed by atoms with Crippen LogP contribution in [0, 0.1) is 0 Å². The Labute approximate surface area is 82.4 Å². The van der Waals surface area contributed by atoms with Gasteiger partial charge in [0.25, 0.3) is 0 Å². The van der Waals surface area contributed by atoms with Crippen molar-refractivity contribution in [1.29, 1.82) is 0 Å². The number of hydrogen-bond acceptors (Lipinski definition) is 3. The van der Waals surface area contributed by atoms with Gasteiger partial charge in [0, 0.05) is 0 Å². The summed E-state index contributed by atoms with van der Waals surface area (Å²) in [6.07, 6.45) is 1.36. The number of rotatable bonds is 7. The van der Waals surface area contributed by atoms with E-state index in [9.17, 15) is 0 Å². The first-order valence-corrected chi connectivity index (χ1v) is 4.39. The topological polar surface area (TPSA) is 44.5 Å². The van der Waals surface area contributed by atoms with Crippen LogP contribution >= 0.6 is 23.2 Å². The summed E-state index contributed by atoms with van der Waals surface area (Å²) < 4.78 is 9.90. The Bertz CT molecular complexity index is 122. The molecule has 0 radical (unpaired) electrons. The van der Waals surface area contributed by atoms with E-state index in [1.807, 2.05) is 0 Å². The van der Waals surface area contributed by atoms with Crippen LogP contribution in [0.5, 0.6) is 0 Å². The van der Waals surface area contributed by atoms with E-state index < -0.39 is 4.84 Å². The van der Waals surface area contributed by atoms with Crippen molar-refractivity contribution in [1.82, 2.24) is 0 Å². The summed E-state index contributed by atoms with van der Waals surface area (Å²) >= 11 is 11.0. The molecule has 3 nitrogen and oxygen atoms in total. The van der Waals surface area contributed by atoms with E-state index in [2.05, 4.69) is 6.58 Å². The lowest BCUT2D eigenvalue weighted by atomic mass is 10.4. The molecule has 0 saturated heterocycles. The molecule has 0 fully saturated rings. The zero-order valence-corrected chi connectivity index (χ0v) is 8.22. The fourth-order valence-electron chi connectivity index (χ4n) is 0.483. The molecule has 0 aliphatic heterocycles. The van der Waals surface area contributed by atoms with E-state index in [4.69, 9.17) is 38.4 Å². The first kappa shape index (κ1) is 12.0. The summed E-state index contributed by atoms with van der Waals surface area (Å²) in [5, 5.41) is 0. The highest BCUT2D eigenvalue weighted by Gasteiger charge is 2.10. The van der Waals surface area contributed by atoms with Gasteiger partial charge in [-0.1, -0.05) is 6.58 Å². The Kier molecular flexibility index (Phi) is 7.70. The minimum absolute atomic E-state index is 0.332. The zero-order valence-electron chi connectivity index (χ0n) is 6.71. The van der Waals surface area contributed by atoms with Crippen molar-refractivity contribution in [2.75, 3.05) is 19.8 Å². The Balaban J connectivity index is 3.13. The molecule has 1 unspecified atom stereocenters. The number of ether oxygens (including phenoxy) is 2.